The van der Waals surface area contributed by atoms with E-state index in [9.17, 15) is 9.59 Å². The minimum Gasteiger partial charge on any atom is -0.481 e. The molecule has 0 aliphatic rings. The molecule has 4 heteroatoms. The van der Waals surface area contributed by atoms with Crippen molar-refractivity contribution in [3.8, 4) is 0 Å². The van der Waals surface area contributed by atoms with Gasteiger partial charge in [-0.15, -0.1) is 0 Å². The summed E-state index contributed by atoms with van der Waals surface area (Å²) in [6.45, 7) is 2.96. The van der Waals surface area contributed by atoms with Crippen LogP contribution in [-0.4, -0.2) is 23.5 Å². The molecule has 0 rings (SSSR count). The van der Waals surface area contributed by atoms with Crippen molar-refractivity contribution in [2.24, 2.45) is 0 Å². The van der Waals surface area contributed by atoms with E-state index in [4.69, 9.17) is 5.11 Å². The van der Waals surface area contributed by atoms with Gasteiger partial charge in [-0.25, -0.2) is 0 Å². The Morgan fingerprint density at radius 3 is 1.25 bits per heavy atom. The molecule has 0 bridgehead atoms. The maximum Gasteiger partial charge on any atom is 0.303 e. The lowest BCUT2D eigenvalue weighted by atomic mass is 10.0. The molecule has 0 saturated carbocycles. The van der Waals surface area contributed by atoms with Crippen LogP contribution in [0.3, 0.4) is 0 Å². The van der Waals surface area contributed by atoms with Gasteiger partial charge in [-0.05, 0) is 19.3 Å². The molecule has 0 unspecified atom stereocenters. The highest BCUT2D eigenvalue weighted by Gasteiger charge is 2.01. The smallest absolute Gasteiger partial charge is 0.303 e. The van der Waals surface area contributed by atoms with E-state index in [1.165, 1.54) is 109 Å². The fourth-order valence-corrected chi connectivity index (χ4v) is 4.26. The first-order valence-electron chi connectivity index (χ1n) is 14.1. The lowest BCUT2D eigenvalue weighted by molar-refractivity contribution is -0.137. The molecule has 190 valence electrons. The van der Waals surface area contributed by atoms with Gasteiger partial charge in [-0.3, -0.25) is 9.59 Å². The van der Waals surface area contributed by atoms with Gasteiger partial charge in [0, 0.05) is 19.4 Å². The molecule has 2 N–H and O–H groups in total. The Balaban J connectivity index is 3.12. The van der Waals surface area contributed by atoms with E-state index in [0.717, 1.165) is 25.7 Å². The normalized spacial score (nSPS) is 11.0. The molecular formula is C28H55NO3. The van der Waals surface area contributed by atoms with Crippen LogP contribution in [0, 0.1) is 0 Å². The highest BCUT2D eigenvalue weighted by atomic mass is 16.4. The minimum absolute atomic E-state index is 0.148. The van der Waals surface area contributed by atoms with E-state index in [1.807, 2.05) is 0 Å². The number of carbonyl (C=O) groups excluding carboxylic acids is 1. The Morgan fingerprint density at radius 2 is 0.844 bits per heavy atom. The first-order valence-corrected chi connectivity index (χ1v) is 14.1. The number of amides is 1. The maximum absolute atomic E-state index is 11.8. The number of rotatable bonds is 26. The van der Waals surface area contributed by atoms with Gasteiger partial charge in [0.2, 0.25) is 5.91 Å². The molecule has 0 atom stereocenters. The van der Waals surface area contributed by atoms with E-state index in [1.54, 1.807) is 0 Å². The summed E-state index contributed by atoms with van der Waals surface area (Å²) in [5.41, 5.74) is 0. The quantitative estimate of drug-likeness (QED) is 0.129. The van der Waals surface area contributed by atoms with Crippen LogP contribution in [0.15, 0.2) is 0 Å². The molecule has 0 aromatic rings. The third-order valence-corrected chi connectivity index (χ3v) is 6.40. The van der Waals surface area contributed by atoms with Crippen LogP contribution in [0.25, 0.3) is 0 Å². The molecule has 0 aromatic heterocycles. The summed E-state index contributed by atoms with van der Waals surface area (Å²) < 4.78 is 0. The third kappa shape index (κ3) is 27.0. The van der Waals surface area contributed by atoms with Crippen LogP contribution in [0.2, 0.25) is 0 Å². The second-order valence-electron chi connectivity index (χ2n) is 9.67. The number of unbranched alkanes of at least 4 members (excludes halogenated alkanes) is 20. The number of hydrogen-bond acceptors (Lipinski definition) is 2. The van der Waals surface area contributed by atoms with E-state index < -0.39 is 5.97 Å². The Morgan fingerprint density at radius 1 is 0.500 bits per heavy atom. The van der Waals surface area contributed by atoms with E-state index in [2.05, 4.69) is 12.2 Å². The Kier molecular flexibility index (Phi) is 25.3. The van der Waals surface area contributed by atoms with Gasteiger partial charge in [0.25, 0.3) is 0 Å². The largest absolute Gasteiger partial charge is 0.481 e. The molecule has 0 heterocycles. The maximum atomic E-state index is 11.8. The van der Waals surface area contributed by atoms with Gasteiger partial charge < -0.3 is 10.4 Å². The highest BCUT2D eigenvalue weighted by Crippen LogP contribution is 2.14. The molecule has 0 aliphatic carbocycles. The minimum atomic E-state index is -0.738. The van der Waals surface area contributed by atoms with Gasteiger partial charge in [-0.2, -0.15) is 0 Å². The second-order valence-corrected chi connectivity index (χ2v) is 9.67. The number of carbonyl (C=O) groups is 2. The highest BCUT2D eigenvalue weighted by molar-refractivity contribution is 5.75. The predicted octanol–water partition coefficient (Wildman–Crippen LogP) is 8.57. The summed E-state index contributed by atoms with van der Waals surface area (Å²) in [6.07, 6.45) is 29.3. The van der Waals surface area contributed by atoms with Crippen LogP contribution >= 0.6 is 0 Å². The van der Waals surface area contributed by atoms with E-state index in [0.29, 0.717) is 19.4 Å². The van der Waals surface area contributed by atoms with Gasteiger partial charge in [0.1, 0.15) is 0 Å². The predicted molar refractivity (Wildman–Crippen MR) is 137 cm³/mol. The summed E-state index contributed by atoms with van der Waals surface area (Å²) in [5.74, 6) is -0.589. The number of hydrogen-bond donors (Lipinski definition) is 2. The summed E-state index contributed by atoms with van der Waals surface area (Å²) in [4.78, 5) is 22.2. The van der Waals surface area contributed by atoms with Crippen molar-refractivity contribution in [3.05, 3.63) is 0 Å². The van der Waals surface area contributed by atoms with Gasteiger partial charge in [0.05, 0.1) is 0 Å². The lowest BCUT2D eigenvalue weighted by Crippen LogP contribution is -2.23. The molecule has 4 nitrogen and oxygen atoms in total. The Bertz CT molecular complexity index is 411. The van der Waals surface area contributed by atoms with Crippen molar-refractivity contribution >= 4 is 11.9 Å². The monoisotopic (exact) mass is 453 g/mol. The number of aliphatic carboxylic acids is 1. The Labute approximate surface area is 199 Å². The van der Waals surface area contributed by atoms with Crippen LogP contribution in [0.1, 0.15) is 161 Å². The molecule has 0 aliphatic heterocycles. The van der Waals surface area contributed by atoms with Crippen LogP contribution in [0.5, 0.6) is 0 Å². The van der Waals surface area contributed by atoms with Crippen molar-refractivity contribution < 1.29 is 14.7 Å². The van der Waals surface area contributed by atoms with Gasteiger partial charge >= 0.3 is 5.97 Å². The topological polar surface area (TPSA) is 66.4 Å². The Hall–Kier alpha value is -1.06. The van der Waals surface area contributed by atoms with E-state index in [-0.39, 0.29) is 12.3 Å². The van der Waals surface area contributed by atoms with Crippen molar-refractivity contribution in [2.75, 3.05) is 6.54 Å². The SMILES string of the molecule is CCCCCCCCCCCCCCCCCCCCCC(=O)NCCCCCC(=O)O. The molecule has 0 fully saturated rings. The number of carboxylic acids is 1. The average molecular weight is 454 g/mol. The van der Waals surface area contributed by atoms with Gasteiger partial charge in [-0.1, -0.05) is 129 Å². The molecule has 32 heavy (non-hydrogen) atoms. The number of carboxylic acid groups (broad SMARTS) is 1. The average Bonchev–Trinajstić information content (AvgIpc) is 2.77. The zero-order valence-corrected chi connectivity index (χ0v) is 21.4. The molecule has 0 aromatic carbocycles. The van der Waals surface area contributed by atoms with Crippen LogP contribution < -0.4 is 5.32 Å². The molecule has 0 saturated heterocycles. The summed E-state index contributed by atoms with van der Waals surface area (Å²) in [7, 11) is 0. The summed E-state index contributed by atoms with van der Waals surface area (Å²) in [6, 6.07) is 0. The number of nitrogens with one attached hydrogen (secondary N) is 1. The summed E-state index contributed by atoms with van der Waals surface area (Å²) >= 11 is 0. The molecule has 1 amide bonds. The van der Waals surface area contributed by atoms with Crippen LogP contribution in [-0.2, 0) is 9.59 Å². The zero-order chi connectivity index (χ0) is 23.5. The second kappa shape index (κ2) is 26.2. The fourth-order valence-electron chi connectivity index (χ4n) is 4.26. The molecule has 0 spiro atoms. The van der Waals surface area contributed by atoms with E-state index >= 15 is 0 Å². The third-order valence-electron chi connectivity index (χ3n) is 6.40. The first-order chi connectivity index (χ1) is 15.7. The van der Waals surface area contributed by atoms with Gasteiger partial charge in [0.15, 0.2) is 0 Å². The summed E-state index contributed by atoms with van der Waals surface area (Å²) in [5, 5.41) is 11.5. The first kappa shape index (κ1) is 30.9. The fraction of sp³-hybridized carbons (Fsp3) is 0.929. The standard InChI is InChI=1S/C28H55NO3/c1-2-3-4-5-6-7-8-9-10-11-12-13-14-15-16-17-18-19-21-24-27(30)29-26-23-20-22-25-28(31)32/h2-26H2,1H3,(H,29,30)(H,31,32). The lowest BCUT2D eigenvalue weighted by Gasteiger charge is -2.05. The van der Waals surface area contributed by atoms with Crippen molar-refractivity contribution in [1.82, 2.24) is 5.32 Å². The molecular weight excluding hydrogens is 398 g/mol. The van der Waals surface area contributed by atoms with Crippen molar-refractivity contribution in [3.63, 3.8) is 0 Å². The molecule has 0 radical (unpaired) electrons. The van der Waals surface area contributed by atoms with Crippen molar-refractivity contribution in [2.45, 2.75) is 161 Å². The van der Waals surface area contributed by atoms with Crippen LogP contribution in [0.4, 0.5) is 0 Å². The zero-order valence-electron chi connectivity index (χ0n) is 21.4. The van der Waals surface area contributed by atoms with Crippen molar-refractivity contribution in [1.29, 1.82) is 0 Å².